The summed E-state index contributed by atoms with van der Waals surface area (Å²) in [5, 5.41) is 10.9. The van der Waals surface area contributed by atoms with Crippen molar-refractivity contribution in [2.75, 3.05) is 0 Å². The molecule has 2 aromatic heterocycles. The Hall–Kier alpha value is -1.63. The molecule has 0 saturated carbocycles. The standard InChI is InChI=1S/C13H11ClN4OS/c1-7(19)9-3-2-8(4-10(9)14)20-13-11-12(16-5-15-11)17-6-18-13/h2-7,19H,1H3,(H,15,16,17,18). The van der Waals surface area contributed by atoms with E-state index < -0.39 is 6.10 Å². The summed E-state index contributed by atoms with van der Waals surface area (Å²) in [4.78, 5) is 16.4. The molecule has 0 radical (unpaired) electrons. The molecule has 1 atom stereocenters. The molecule has 0 saturated heterocycles. The van der Waals surface area contributed by atoms with Gasteiger partial charge in [-0.05, 0) is 24.6 Å². The molecular formula is C13H11ClN4OS. The molecule has 2 heterocycles. The van der Waals surface area contributed by atoms with Gasteiger partial charge in [-0.1, -0.05) is 29.4 Å². The summed E-state index contributed by atoms with van der Waals surface area (Å²) < 4.78 is 0. The lowest BCUT2D eigenvalue weighted by molar-refractivity contribution is 0.199. The second-order valence-electron chi connectivity index (χ2n) is 4.24. The van der Waals surface area contributed by atoms with Gasteiger partial charge < -0.3 is 10.1 Å². The van der Waals surface area contributed by atoms with E-state index in [-0.39, 0.29) is 0 Å². The van der Waals surface area contributed by atoms with E-state index in [0.29, 0.717) is 16.2 Å². The van der Waals surface area contributed by atoms with E-state index >= 15 is 0 Å². The molecule has 3 rings (SSSR count). The van der Waals surface area contributed by atoms with Gasteiger partial charge in [-0.3, -0.25) is 0 Å². The zero-order valence-corrected chi connectivity index (χ0v) is 12.1. The third kappa shape index (κ3) is 2.49. The van der Waals surface area contributed by atoms with Gasteiger partial charge in [0, 0.05) is 9.92 Å². The van der Waals surface area contributed by atoms with Crippen LogP contribution in [0.25, 0.3) is 11.2 Å². The van der Waals surface area contributed by atoms with Gasteiger partial charge in [0.15, 0.2) is 5.65 Å². The highest BCUT2D eigenvalue weighted by Crippen LogP contribution is 2.33. The number of fused-ring (bicyclic) bond motifs is 1. The van der Waals surface area contributed by atoms with Crippen LogP contribution in [0, 0.1) is 0 Å². The second-order valence-corrected chi connectivity index (χ2v) is 5.71. The van der Waals surface area contributed by atoms with Crippen molar-refractivity contribution in [3.8, 4) is 0 Å². The molecule has 0 spiro atoms. The highest BCUT2D eigenvalue weighted by Gasteiger charge is 2.11. The zero-order chi connectivity index (χ0) is 14.1. The van der Waals surface area contributed by atoms with E-state index in [9.17, 15) is 5.11 Å². The molecule has 0 aliphatic carbocycles. The van der Waals surface area contributed by atoms with Crippen molar-refractivity contribution in [3.05, 3.63) is 41.4 Å². The maximum Gasteiger partial charge on any atom is 0.181 e. The number of benzene rings is 1. The number of hydrogen-bond acceptors (Lipinski definition) is 5. The van der Waals surface area contributed by atoms with Crippen LogP contribution >= 0.6 is 23.4 Å². The van der Waals surface area contributed by atoms with Crippen LogP contribution in [0.3, 0.4) is 0 Å². The van der Waals surface area contributed by atoms with E-state index in [2.05, 4.69) is 19.9 Å². The maximum atomic E-state index is 9.57. The van der Waals surface area contributed by atoms with Crippen molar-refractivity contribution in [2.45, 2.75) is 22.9 Å². The number of halogens is 1. The molecule has 0 amide bonds. The molecule has 7 heteroatoms. The Labute approximate surface area is 124 Å². The van der Waals surface area contributed by atoms with E-state index in [4.69, 9.17) is 11.6 Å². The number of H-pyrrole nitrogens is 1. The fourth-order valence-corrected chi connectivity index (χ4v) is 3.13. The quantitative estimate of drug-likeness (QED) is 0.727. The fourth-order valence-electron chi connectivity index (χ4n) is 1.84. The van der Waals surface area contributed by atoms with Gasteiger partial charge in [-0.15, -0.1) is 0 Å². The van der Waals surface area contributed by atoms with Gasteiger partial charge in [0.05, 0.1) is 12.4 Å². The summed E-state index contributed by atoms with van der Waals surface area (Å²) >= 11 is 7.63. The Bertz CT molecular complexity index is 759. The Morgan fingerprint density at radius 2 is 2.15 bits per heavy atom. The first-order valence-corrected chi connectivity index (χ1v) is 7.14. The normalized spacial score (nSPS) is 12.8. The van der Waals surface area contributed by atoms with E-state index in [0.717, 1.165) is 15.4 Å². The minimum absolute atomic E-state index is 0.542. The average molecular weight is 307 g/mol. The monoisotopic (exact) mass is 306 g/mol. The van der Waals surface area contributed by atoms with Crippen molar-refractivity contribution < 1.29 is 5.11 Å². The number of nitrogens with zero attached hydrogens (tertiary/aromatic N) is 3. The molecule has 102 valence electrons. The molecule has 0 bridgehead atoms. The van der Waals surface area contributed by atoms with Crippen molar-refractivity contribution in [1.29, 1.82) is 0 Å². The molecule has 5 nitrogen and oxygen atoms in total. The van der Waals surface area contributed by atoms with Gasteiger partial charge in [0.1, 0.15) is 16.9 Å². The van der Waals surface area contributed by atoms with Crippen LogP contribution in [0.4, 0.5) is 0 Å². The van der Waals surface area contributed by atoms with E-state index in [1.165, 1.54) is 18.1 Å². The SMILES string of the molecule is CC(O)c1ccc(Sc2ncnc3nc[nH]c23)cc1Cl. The number of aromatic nitrogens is 4. The van der Waals surface area contributed by atoms with Crippen LogP contribution in [-0.2, 0) is 0 Å². The van der Waals surface area contributed by atoms with Crippen molar-refractivity contribution in [1.82, 2.24) is 19.9 Å². The first-order chi connectivity index (χ1) is 9.65. The Balaban J connectivity index is 1.95. The molecule has 0 aliphatic heterocycles. The number of hydrogen-bond donors (Lipinski definition) is 2. The third-order valence-electron chi connectivity index (χ3n) is 2.82. The smallest absolute Gasteiger partial charge is 0.181 e. The minimum Gasteiger partial charge on any atom is -0.389 e. The van der Waals surface area contributed by atoms with E-state index in [1.54, 1.807) is 13.3 Å². The summed E-state index contributed by atoms with van der Waals surface area (Å²) in [6.07, 6.45) is 2.49. The molecule has 1 aromatic carbocycles. The first kappa shape index (κ1) is 13.4. The summed E-state index contributed by atoms with van der Waals surface area (Å²) in [5.74, 6) is 0. The molecule has 20 heavy (non-hydrogen) atoms. The lowest BCUT2D eigenvalue weighted by atomic mass is 10.1. The third-order valence-corrected chi connectivity index (χ3v) is 4.14. The van der Waals surface area contributed by atoms with Gasteiger partial charge in [0.2, 0.25) is 0 Å². The number of aliphatic hydroxyl groups is 1. The zero-order valence-electron chi connectivity index (χ0n) is 10.5. The summed E-state index contributed by atoms with van der Waals surface area (Å²) in [6, 6.07) is 5.54. The number of imidazole rings is 1. The van der Waals surface area contributed by atoms with Crippen molar-refractivity contribution in [3.63, 3.8) is 0 Å². The van der Waals surface area contributed by atoms with Crippen LogP contribution < -0.4 is 0 Å². The summed E-state index contributed by atoms with van der Waals surface area (Å²) in [7, 11) is 0. The van der Waals surface area contributed by atoms with Gasteiger partial charge in [-0.2, -0.15) is 0 Å². The van der Waals surface area contributed by atoms with E-state index in [1.807, 2.05) is 18.2 Å². The highest BCUT2D eigenvalue weighted by molar-refractivity contribution is 7.99. The van der Waals surface area contributed by atoms with Crippen LogP contribution in [0.2, 0.25) is 5.02 Å². The molecule has 1 unspecified atom stereocenters. The predicted octanol–water partition coefficient (Wildman–Crippen LogP) is 3.21. The number of rotatable bonds is 3. The highest BCUT2D eigenvalue weighted by atomic mass is 35.5. The van der Waals surface area contributed by atoms with Crippen molar-refractivity contribution >= 4 is 34.5 Å². The largest absolute Gasteiger partial charge is 0.389 e. The Morgan fingerprint density at radius 1 is 1.30 bits per heavy atom. The van der Waals surface area contributed by atoms with Gasteiger partial charge in [-0.25, -0.2) is 15.0 Å². The number of aromatic amines is 1. The minimum atomic E-state index is -0.583. The van der Waals surface area contributed by atoms with Crippen LogP contribution in [0.15, 0.2) is 40.8 Å². The fraction of sp³-hybridized carbons (Fsp3) is 0.154. The summed E-state index contributed by atoms with van der Waals surface area (Å²) in [6.45, 7) is 1.69. The lowest BCUT2D eigenvalue weighted by Crippen LogP contribution is -1.92. The Kier molecular flexibility index (Phi) is 3.60. The topological polar surface area (TPSA) is 74.7 Å². The average Bonchev–Trinajstić information content (AvgIpc) is 2.87. The maximum absolute atomic E-state index is 9.57. The second kappa shape index (κ2) is 5.40. The van der Waals surface area contributed by atoms with Crippen molar-refractivity contribution in [2.24, 2.45) is 0 Å². The molecule has 2 N–H and O–H groups in total. The molecule has 3 aromatic rings. The molecular weight excluding hydrogens is 296 g/mol. The molecule has 0 aliphatic rings. The lowest BCUT2D eigenvalue weighted by Gasteiger charge is -2.09. The predicted molar refractivity (Wildman–Crippen MR) is 77.9 cm³/mol. The summed E-state index contributed by atoms with van der Waals surface area (Å²) in [5.41, 5.74) is 2.15. The van der Waals surface area contributed by atoms with Gasteiger partial charge in [0.25, 0.3) is 0 Å². The number of aliphatic hydroxyl groups excluding tert-OH is 1. The first-order valence-electron chi connectivity index (χ1n) is 5.94. The van der Waals surface area contributed by atoms with Crippen LogP contribution in [0.5, 0.6) is 0 Å². The van der Waals surface area contributed by atoms with Crippen LogP contribution in [0.1, 0.15) is 18.6 Å². The number of nitrogens with one attached hydrogen (secondary N) is 1. The van der Waals surface area contributed by atoms with Gasteiger partial charge >= 0.3 is 0 Å². The Morgan fingerprint density at radius 3 is 2.90 bits per heavy atom. The molecule has 0 fully saturated rings. The van der Waals surface area contributed by atoms with Crippen LogP contribution in [-0.4, -0.2) is 25.0 Å².